The molecule has 2 aromatic heterocycles. The first-order chi connectivity index (χ1) is 8.83. The van der Waals surface area contributed by atoms with E-state index in [0.717, 1.165) is 23.6 Å². The van der Waals surface area contributed by atoms with Crippen molar-refractivity contribution in [3.63, 3.8) is 0 Å². The molecule has 3 rings (SSSR count). The zero-order valence-electron chi connectivity index (χ0n) is 10.4. The Morgan fingerprint density at radius 3 is 3.17 bits per heavy atom. The molecule has 1 unspecified atom stereocenters. The van der Waals surface area contributed by atoms with Crippen LogP contribution in [0.25, 0.3) is 10.2 Å². The molecule has 3 nitrogen and oxygen atoms in total. The Kier molecular flexibility index (Phi) is 3.39. The number of nitrogens with zero attached hydrogens (tertiary/aromatic N) is 3. The van der Waals surface area contributed by atoms with E-state index < -0.39 is 0 Å². The molecule has 1 saturated heterocycles. The summed E-state index contributed by atoms with van der Waals surface area (Å²) in [4.78, 5) is 13.7. The summed E-state index contributed by atoms with van der Waals surface area (Å²) in [6.07, 6.45) is 5.10. The fourth-order valence-corrected chi connectivity index (χ4v) is 3.82. The van der Waals surface area contributed by atoms with Gasteiger partial charge in [0, 0.05) is 23.3 Å². The van der Waals surface area contributed by atoms with Crippen molar-refractivity contribution in [3.8, 4) is 0 Å². The van der Waals surface area contributed by atoms with Gasteiger partial charge in [0.25, 0.3) is 0 Å². The first-order valence-electron chi connectivity index (χ1n) is 6.39. The number of fused-ring (bicyclic) bond motifs is 1. The molecular formula is C13H16ClN3S. The molecule has 1 atom stereocenters. The van der Waals surface area contributed by atoms with Crippen molar-refractivity contribution in [1.82, 2.24) is 9.97 Å². The Morgan fingerprint density at radius 2 is 2.39 bits per heavy atom. The van der Waals surface area contributed by atoms with Crippen molar-refractivity contribution < 1.29 is 0 Å². The van der Waals surface area contributed by atoms with Crippen LogP contribution in [0.3, 0.4) is 0 Å². The van der Waals surface area contributed by atoms with Gasteiger partial charge in [-0.3, -0.25) is 0 Å². The van der Waals surface area contributed by atoms with Crippen LogP contribution in [0.2, 0.25) is 0 Å². The Bertz CT molecular complexity index is 554. The lowest BCUT2D eigenvalue weighted by Gasteiger charge is -2.24. The molecular weight excluding hydrogens is 266 g/mol. The van der Waals surface area contributed by atoms with E-state index in [2.05, 4.69) is 27.9 Å². The summed E-state index contributed by atoms with van der Waals surface area (Å²) < 4.78 is 0. The average molecular weight is 282 g/mol. The van der Waals surface area contributed by atoms with Gasteiger partial charge in [-0.2, -0.15) is 0 Å². The number of hydrogen-bond acceptors (Lipinski definition) is 4. The van der Waals surface area contributed by atoms with Crippen LogP contribution in [-0.4, -0.2) is 28.4 Å². The van der Waals surface area contributed by atoms with Crippen molar-refractivity contribution >= 4 is 39.0 Å². The molecule has 0 saturated carbocycles. The molecule has 0 spiro atoms. The van der Waals surface area contributed by atoms with Crippen molar-refractivity contribution in [1.29, 1.82) is 0 Å². The molecule has 3 heterocycles. The Balaban J connectivity index is 2.07. The zero-order chi connectivity index (χ0) is 12.5. The highest BCUT2D eigenvalue weighted by Crippen LogP contribution is 2.34. The summed E-state index contributed by atoms with van der Waals surface area (Å²) in [5.41, 5.74) is 0. The summed E-state index contributed by atoms with van der Waals surface area (Å²) in [5, 5.41) is 1.19. The van der Waals surface area contributed by atoms with Crippen molar-refractivity contribution in [2.24, 2.45) is 0 Å². The van der Waals surface area contributed by atoms with Crippen LogP contribution in [-0.2, 0) is 6.42 Å². The Labute approximate surface area is 116 Å². The van der Waals surface area contributed by atoms with Crippen LogP contribution in [0.5, 0.6) is 0 Å². The van der Waals surface area contributed by atoms with E-state index in [1.54, 1.807) is 17.7 Å². The van der Waals surface area contributed by atoms with Crippen LogP contribution in [0, 0.1) is 0 Å². The fraction of sp³-hybridized carbons (Fsp3) is 0.538. The standard InChI is InChI=1S/C13H16ClN3S/c1-2-10-6-11-12(15-8-16-13(11)18-10)17-5-3-4-9(17)7-14/h6,8-9H,2-5,7H2,1H3. The molecule has 0 aromatic carbocycles. The highest BCUT2D eigenvalue weighted by molar-refractivity contribution is 7.18. The van der Waals surface area contributed by atoms with Gasteiger partial charge >= 0.3 is 0 Å². The fourth-order valence-electron chi connectivity index (χ4n) is 2.57. The van der Waals surface area contributed by atoms with Crippen LogP contribution in [0.15, 0.2) is 12.4 Å². The van der Waals surface area contributed by atoms with Gasteiger partial charge in [0.2, 0.25) is 0 Å². The van der Waals surface area contributed by atoms with Gasteiger partial charge in [-0.1, -0.05) is 6.92 Å². The minimum atomic E-state index is 0.426. The number of rotatable bonds is 3. The van der Waals surface area contributed by atoms with Crippen LogP contribution in [0.1, 0.15) is 24.6 Å². The minimum Gasteiger partial charge on any atom is -0.352 e. The van der Waals surface area contributed by atoms with Gasteiger partial charge in [-0.25, -0.2) is 9.97 Å². The second-order valence-corrected chi connectivity index (χ2v) is 6.05. The number of anilines is 1. The van der Waals surface area contributed by atoms with E-state index in [1.807, 2.05) is 0 Å². The van der Waals surface area contributed by atoms with Crippen LogP contribution < -0.4 is 4.90 Å². The molecule has 1 aliphatic heterocycles. The van der Waals surface area contributed by atoms with Gasteiger partial charge in [0.05, 0.1) is 5.39 Å². The second kappa shape index (κ2) is 5.02. The van der Waals surface area contributed by atoms with Gasteiger partial charge in [0.1, 0.15) is 17.0 Å². The lowest BCUT2D eigenvalue weighted by molar-refractivity contribution is 0.735. The topological polar surface area (TPSA) is 29.0 Å². The van der Waals surface area contributed by atoms with Crippen LogP contribution in [0.4, 0.5) is 5.82 Å². The van der Waals surface area contributed by atoms with Crippen molar-refractivity contribution in [2.45, 2.75) is 32.2 Å². The maximum atomic E-state index is 6.05. The third-order valence-corrected chi connectivity index (χ3v) is 5.08. The molecule has 0 bridgehead atoms. The summed E-state index contributed by atoms with van der Waals surface area (Å²) in [5.74, 6) is 1.75. The highest BCUT2D eigenvalue weighted by Gasteiger charge is 2.26. The molecule has 0 amide bonds. The van der Waals surface area contributed by atoms with Gasteiger partial charge < -0.3 is 4.90 Å². The average Bonchev–Trinajstić information content (AvgIpc) is 3.03. The largest absolute Gasteiger partial charge is 0.352 e. The first kappa shape index (κ1) is 12.2. The number of halogens is 1. The smallest absolute Gasteiger partial charge is 0.141 e. The summed E-state index contributed by atoms with van der Waals surface area (Å²) in [6, 6.07) is 2.66. The Morgan fingerprint density at radius 1 is 1.50 bits per heavy atom. The number of alkyl halides is 1. The van der Waals surface area contributed by atoms with E-state index in [9.17, 15) is 0 Å². The van der Waals surface area contributed by atoms with E-state index in [0.29, 0.717) is 11.9 Å². The van der Waals surface area contributed by atoms with E-state index >= 15 is 0 Å². The molecule has 2 aromatic rings. The quantitative estimate of drug-likeness (QED) is 0.807. The number of thiophene rings is 1. The van der Waals surface area contributed by atoms with E-state index in [-0.39, 0.29) is 0 Å². The zero-order valence-corrected chi connectivity index (χ0v) is 12.0. The number of aromatic nitrogens is 2. The number of hydrogen-bond donors (Lipinski definition) is 0. The van der Waals surface area contributed by atoms with Crippen molar-refractivity contribution in [2.75, 3.05) is 17.3 Å². The van der Waals surface area contributed by atoms with E-state index in [1.165, 1.54) is 23.1 Å². The van der Waals surface area contributed by atoms with Crippen molar-refractivity contribution in [3.05, 3.63) is 17.3 Å². The normalized spacial score (nSPS) is 19.9. The number of aryl methyl sites for hydroxylation is 1. The van der Waals surface area contributed by atoms with Gasteiger partial charge in [-0.15, -0.1) is 22.9 Å². The molecule has 0 aliphatic carbocycles. The molecule has 1 aliphatic rings. The van der Waals surface area contributed by atoms with Gasteiger partial charge in [-0.05, 0) is 25.3 Å². The third-order valence-electron chi connectivity index (χ3n) is 3.54. The molecule has 18 heavy (non-hydrogen) atoms. The summed E-state index contributed by atoms with van der Waals surface area (Å²) >= 11 is 7.82. The lowest BCUT2D eigenvalue weighted by atomic mass is 10.2. The maximum Gasteiger partial charge on any atom is 0.141 e. The second-order valence-electron chi connectivity index (χ2n) is 4.63. The monoisotopic (exact) mass is 281 g/mol. The highest BCUT2D eigenvalue weighted by atomic mass is 35.5. The SMILES string of the molecule is CCc1cc2c(N3CCCC3CCl)ncnc2s1. The third kappa shape index (κ3) is 1.97. The van der Waals surface area contributed by atoms with Gasteiger partial charge in [0.15, 0.2) is 0 Å². The lowest BCUT2D eigenvalue weighted by Crippen LogP contribution is -2.31. The summed E-state index contributed by atoms with van der Waals surface area (Å²) in [6.45, 7) is 3.23. The molecule has 0 radical (unpaired) electrons. The molecule has 96 valence electrons. The minimum absolute atomic E-state index is 0.426. The predicted octanol–water partition coefficient (Wildman–Crippen LogP) is 3.46. The maximum absolute atomic E-state index is 6.05. The Hall–Kier alpha value is -0.870. The molecule has 1 fully saturated rings. The first-order valence-corrected chi connectivity index (χ1v) is 7.74. The predicted molar refractivity (Wildman–Crippen MR) is 77.9 cm³/mol. The summed E-state index contributed by atoms with van der Waals surface area (Å²) in [7, 11) is 0. The van der Waals surface area contributed by atoms with E-state index in [4.69, 9.17) is 11.6 Å². The molecule has 0 N–H and O–H groups in total. The van der Waals surface area contributed by atoms with Crippen LogP contribution >= 0.6 is 22.9 Å². The molecule has 5 heteroatoms.